The van der Waals surface area contributed by atoms with E-state index in [9.17, 15) is 9.59 Å². The maximum atomic E-state index is 11.4. The smallest absolute Gasteiger partial charge is 0.329 e. The lowest BCUT2D eigenvalue weighted by molar-refractivity contribution is -0.142. The van der Waals surface area contributed by atoms with E-state index >= 15 is 0 Å². The van der Waals surface area contributed by atoms with Crippen LogP contribution in [0.3, 0.4) is 0 Å². The number of rotatable bonds is 5. The molecule has 0 rings (SSSR count). The zero-order valence-corrected chi connectivity index (χ0v) is 10.8. The number of carbonyl (C=O) groups excluding carboxylic acids is 2. The van der Waals surface area contributed by atoms with Crippen LogP contribution in [-0.4, -0.2) is 17.8 Å². The van der Waals surface area contributed by atoms with Crippen molar-refractivity contribution >= 4 is 39.1 Å². The van der Waals surface area contributed by atoms with Crippen LogP contribution in [0.2, 0.25) is 0 Å². The van der Waals surface area contributed by atoms with Gasteiger partial charge in [0.15, 0.2) is 0 Å². The summed E-state index contributed by atoms with van der Waals surface area (Å²) < 4.78 is 4.84. The molecule has 76 valence electrons. The van der Waals surface area contributed by atoms with Gasteiger partial charge in [-0.05, 0) is 6.92 Å². The summed E-state index contributed by atoms with van der Waals surface area (Å²) >= 11 is 0. The molecule has 5 atom stereocenters. The predicted molar refractivity (Wildman–Crippen MR) is 60.6 cm³/mol. The second-order valence-electron chi connectivity index (χ2n) is 2.78. The Bertz CT molecular complexity index is 202. The molecule has 0 aliphatic carbocycles. The molecule has 0 bridgehead atoms. The van der Waals surface area contributed by atoms with Gasteiger partial charge in [-0.2, -0.15) is 0 Å². The molecule has 0 amide bonds. The van der Waals surface area contributed by atoms with Crippen LogP contribution in [0.5, 0.6) is 0 Å². The predicted octanol–water partition coefficient (Wildman–Crippen LogP) is 0.887. The van der Waals surface area contributed by atoms with Gasteiger partial charge in [0.25, 0.3) is 0 Å². The minimum Gasteiger partial charge on any atom is -0.443 e. The van der Waals surface area contributed by atoms with E-state index in [-0.39, 0.29) is 8.50 Å². The van der Waals surface area contributed by atoms with Crippen LogP contribution in [0.15, 0.2) is 0 Å². The van der Waals surface area contributed by atoms with Crippen LogP contribution in [0.4, 0.5) is 0 Å². The summed E-state index contributed by atoms with van der Waals surface area (Å²) in [5, 5.41) is 2.72. The van der Waals surface area contributed by atoms with Gasteiger partial charge in [-0.25, -0.2) is 4.79 Å². The van der Waals surface area contributed by atoms with Gasteiger partial charge in [-0.1, -0.05) is 25.2 Å². The van der Waals surface area contributed by atoms with E-state index in [0.29, 0.717) is 0 Å². The molecule has 7 heteroatoms. The van der Waals surface area contributed by atoms with Crippen molar-refractivity contribution in [1.82, 2.24) is 5.09 Å². The second kappa shape index (κ2) is 5.98. The van der Waals surface area contributed by atoms with Crippen molar-refractivity contribution in [3.63, 3.8) is 0 Å². The molecule has 13 heavy (non-hydrogen) atoms. The molecule has 0 aromatic rings. The van der Waals surface area contributed by atoms with Gasteiger partial charge in [0, 0.05) is 5.92 Å². The van der Waals surface area contributed by atoms with Crippen LogP contribution in [0, 0.1) is 5.92 Å². The van der Waals surface area contributed by atoms with Crippen molar-refractivity contribution in [2.24, 2.45) is 5.92 Å². The summed E-state index contributed by atoms with van der Waals surface area (Å²) in [4.78, 5) is 22.0. The molecular weight excluding hydrogens is 227 g/mol. The Morgan fingerprint density at radius 3 is 2.62 bits per heavy atom. The van der Waals surface area contributed by atoms with Gasteiger partial charge >= 0.3 is 5.97 Å². The van der Waals surface area contributed by atoms with Gasteiger partial charge in [0.1, 0.15) is 11.8 Å². The SMILES string of the molecule is CC(C=O)C(C)(NP)C(=O)OPP. The number of hydrogen-bond donors (Lipinski definition) is 1. The summed E-state index contributed by atoms with van der Waals surface area (Å²) in [7, 11) is 4.55. The Kier molecular flexibility index (Phi) is 6.16. The Labute approximate surface area is 84.2 Å². The van der Waals surface area contributed by atoms with Crippen LogP contribution in [0.1, 0.15) is 13.8 Å². The molecule has 0 spiro atoms. The van der Waals surface area contributed by atoms with E-state index in [1.807, 2.05) is 0 Å². The Morgan fingerprint density at radius 2 is 2.31 bits per heavy atom. The lowest BCUT2D eigenvalue weighted by Gasteiger charge is -2.29. The fraction of sp³-hybridized carbons (Fsp3) is 0.667. The molecule has 0 aliphatic heterocycles. The first-order valence-electron chi connectivity index (χ1n) is 3.62. The number of nitrogens with one attached hydrogen (secondary N) is 1. The van der Waals surface area contributed by atoms with Gasteiger partial charge in [0.2, 0.25) is 0 Å². The summed E-state index contributed by atoms with van der Waals surface area (Å²) in [6.07, 6.45) is 0.726. The first-order chi connectivity index (χ1) is 6.02. The third-order valence-electron chi connectivity index (χ3n) is 1.99. The average Bonchev–Trinajstić information content (AvgIpc) is 2.15. The van der Waals surface area contributed by atoms with Crippen molar-refractivity contribution in [2.75, 3.05) is 0 Å². The van der Waals surface area contributed by atoms with Crippen LogP contribution >= 0.6 is 26.8 Å². The molecule has 0 radical (unpaired) electrons. The van der Waals surface area contributed by atoms with E-state index in [1.165, 1.54) is 0 Å². The Morgan fingerprint density at radius 1 is 1.77 bits per heavy atom. The maximum absolute atomic E-state index is 11.4. The minimum atomic E-state index is -0.962. The van der Waals surface area contributed by atoms with Gasteiger partial charge in [-0.3, -0.25) is 5.09 Å². The van der Waals surface area contributed by atoms with Crippen molar-refractivity contribution in [3.05, 3.63) is 0 Å². The molecule has 0 fully saturated rings. The highest BCUT2D eigenvalue weighted by Crippen LogP contribution is 2.27. The zero-order valence-electron chi connectivity index (χ0n) is 7.53. The average molecular weight is 241 g/mol. The van der Waals surface area contributed by atoms with Gasteiger partial charge in [0.05, 0.1) is 8.50 Å². The van der Waals surface area contributed by atoms with E-state index in [1.54, 1.807) is 13.8 Å². The summed E-state index contributed by atoms with van der Waals surface area (Å²) in [6.45, 7) is 3.30. The lowest BCUT2D eigenvalue weighted by atomic mass is 9.89. The highest BCUT2D eigenvalue weighted by atomic mass is 32.0. The molecule has 1 N–H and O–H groups in total. The molecule has 0 saturated carbocycles. The van der Waals surface area contributed by atoms with E-state index in [2.05, 4.69) is 23.4 Å². The topological polar surface area (TPSA) is 55.4 Å². The lowest BCUT2D eigenvalue weighted by Crippen LogP contribution is -2.51. The van der Waals surface area contributed by atoms with Crippen molar-refractivity contribution in [3.8, 4) is 0 Å². The van der Waals surface area contributed by atoms with E-state index < -0.39 is 17.4 Å². The van der Waals surface area contributed by atoms with Crippen LogP contribution in [-0.2, 0) is 14.1 Å². The molecule has 0 aliphatic rings. The molecular formula is C6H14NO3P3. The number of aldehydes is 1. The van der Waals surface area contributed by atoms with Crippen molar-refractivity contribution in [1.29, 1.82) is 0 Å². The van der Waals surface area contributed by atoms with E-state index in [4.69, 9.17) is 4.52 Å². The fourth-order valence-corrected chi connectivity index (χ4v) is 1.69. The number of hydrogen-bond acceptors (Lipinski definition) is 4. The molecule has 0 heterocycles. The Hall–Kier alpha value is 0.390. The largest absolute Gasteiger partial charge is 0.443 e. The van der Waals surface area contributed by atoms with Crippen LogP contribution in [0.25, 0.3) is 0 Å². The highest BCUT2D eigenvalue weighted by Gasteiger charge is 2.38. The third kappa shape index (κ3) is 3.22. The summed E-state index contributed by atoms with van der Waals surface area (Å²) in [6, 6.07) is 0. The molecule has 0 aromatic carbocycles. The molecule has 5 unspecified atom stereocenters. The van der Waals surface area contributed by atoms with Crippen LogP contribution < -0.4 is 5.09 Å². The minimum absolute atomic E-state index is 0.0108. The monoisotopic (exact) mass is 241 g/mol. The summed E-state index contributed by atoms with van der Waals surface area (Å²) in [5.74, 6) is -0.853. The summed E-state index contributed by atoms with van der Waals surface area (Å²) in [5.41, 5.74) is -0.962. The molecule has 0 saturated heterocycles. The zero-order chi connectivity index (χ0) is 10.5. The van der Waals surface area contributed by atoms with Crippen molar-refractivity contribution < 1.29 is 14.1 Å². The first kappa shape index (κ1) is 13.4. The number of carbonyl (C=O) groups is 2. The van der Waals surface area contributed by atoms with Gasteiger partial charge in [-0.15, -0.1) is 0 Å². The quantitative estimate of drug-likeness (QED) is 0.573. The van der Waals surface area contributed by atoms with Crippen molar-refractivity contribution in [2.45, 2.75) is 19.4 Å². The van der Waals surface area contributed by atoms with E-state index in [0.717, 1.165) is 6.29 Å². The normalized spacial score (nSPS) is 18.2. The standard InChI is InChI=1S/C6H14NO3P3/c1-4(3-8)6(2,7-11)5(9)10-13-12/h3-4,7,13H,11-12H2,1-2H3. The maximum Gasteiger partial charge on any atom is 0.329 e. The first-order valence-corrected chi connectivity index (χ1v) is 6.92. The molecule has 4 nitrogen and oxygen atoms in total. The van der Waals surface area contributed by atoms with Gasteiger partial charge < -0.3 is 9.32 Å². The molecule has 0 aromatic heterocycles. The second-order valence-corrected chi connectivity index (χ2v) is 4.21. The Balaban J connectivity index is 4.60. The highest BCUT2D eigenvalue weighted by molar-refractivity contribution is 8.00. The fourth-order valence-electron chi connectivity index (χ4n) is 0.672. The third-order valence-corrected chi connectivity index (χ3v) is 3.25.